The van der Waals surface area contributed by atoms with Crippen LogP contribution in [0.3, 0.4) is 0 Å². The van der Waals surface area contributed by atoms with Gasteiger partial charge < -0.3 is 19.9 Å². The van der Waals surface area contributed by atoms with Crippen LogP contribution >= 0.6 is 27.5 Å². The van der Waals surface area contributed by atoms with Gasteiger partial charge in [0.2, 0.25) is 0 Å². The lowest BCUT2D eigenvalue weighted by Crippen LogP contribution is -2.33. The smallest absolute Gasteiger partial charge is 0.320 e. The Morgan fingerprint density at radius 1 is 1.28 bits per heavy atom. The molecule has 1 atom stereocenters. The first-order valence-electron chi connectivity index (χ1n) is 7.60. The van der Waals surface area contributed by atoms with Gasteiger partial charge in [0.25, 0.3) is 0 Å². The highest BCUT2D eigenvalue weighted by Crippen LogP contribution is 2.37. The standard InChI is InChI=1S/C18H19BrClNO4/c1-11(18(22)23)21-9-13-7-15(19)17(16(8-13)24-2)25-10-12-3-5-14(20)6-4-12/h3-8,11,21H,9-10H2,1-2H3,(H,22,23). The fourth-order valence-corrected chi connectivity index (χ4v) is 2.84. The molecule has 0 amide bonds. The van der Waals surface area contributed by atoms with Crippen LogP contribution < -0.4 is 14.8 Å². The molecule has 0 fully saturated rings. The van der Waals surface area contributed by atoms with Gasteiger partial charge in [-0.1, -0.05) is 23.7 Å². The molecule has 0 aliphatic heterocycles. The highest BCUT2D eigenvalue weighted by atomic mass is 79.9. The summed E-state index contributed by atoms with van der Waals surface area (Å²) in [5.74, 6) is 0.268. The molecule has 2 N–H and O–H groups in total. The monoisotopic (exact) mass is 427 g/mol. The van der Waals surface area contributed by atoms with E-state index in [0.717, 1.165) is 15.6 Å². The molecule has 0 aliphatic carbocycles. The van der Waals surface area contributed by atoms with E-state index < -0.39 is 12.0 Å². The van der Waals surface area contributed by atoms with Crippen molar-refractivity contribution in [2.75, 3.05) is 7.11 Å². The molecule has 0 spiro atoms. The largest absolute Gasteiger partial charge is 0.493 e. The minimum Gasteiger partial charge on any atom is -0.493 e. The van der Waals surface area contributed by atoms with E-state index in [1.54, 1.807) is 14.0 Å². The lowest BCUT2D eigenvalue weighted by atomic mass is 10.2. The molecule has 0 saturated heterocycles. The molecular weight excluding hydrogens is 410 g/mol. The fourth-order valence-electron chi connectivity index (χ4n) is 2.11. The maximum atomic E-state index is 10.9. The fraction of sp³-hybridized carbons (Fsp3) is 0.278. The van der Waals surface area contributed by atoms with E-state index in [0.29, 0.717) is 29.7 Å². The Morgan fingerprint density at radius 3 is 2.56 bits per heavy atom. The molecule has 0 bridgehead atoms. The summed E-state index contributed by atoms with van der Waals surface area (Å²) in [4.78, 5) is 10.9. The second-order valence-electron chi connectivity index (χ2n) is 5.46. The zero-order valence-electron chi connectivity index (χ0n) is 13.9. The van der Waals surface area contributed by atoms with Gasteiger partial charge in [0.1, 0.15) is 12.6 Å². The molecule has 25 heavy (non-hydrogen) atoms. The molecule has 1 unspecified atom stereocenters. The van der Waals surface area contributed by atoms with Crippen LogP contribution in [0.15, 0.2) is 40.9 Å². The van der Waals surface area contributed by atoms with Crippen molar-refractivity contribution >= 4 is 33.5 Å². The minimum absolute atomic E-state index is 0.375. The summed E-state index contributed by atoms with van der Waals surface area (Å²) in [7, 11) is 1.56. The van der Waals surface area contributed by atoms with Crippen molar-refractivity contribution in [1.82, 2.24) is 5.32 Å². The van der Waals surface area contributed by atoms with Gasteiger partial charge in [0.05, 0.1) is 11.6 Å². The lowest BCUT2D eigenvalue weighted by molar-refractivity contribution is -0.139. The van der Waals surface area contributed by atoms with E-state index in [4.69, 9.17) is 26.2 Å². The molecule has 0 heterocycles. The molecule has 7 heteroatoms. The molecule has 2 rings (SSSR count). The van der Waals surface area contributed by atoms with Crippen molar-refractivity contribution in [2.24, 2.45) is 0 Å². The van der Waals surface area contributed by atoms with Crippen LogP contribution in [0.2, 0.25) is 5.02 Å². The van der Waals surface area contributed by atoms with Gasteiger partial charge in [0.15, 0.2) is 11.5 Å². The molecule has 5 nitrogen and oxygen atoms in total. The van der Waals surface area contributed by atoms with E-state index in [2.05, 4.69) is 21.2 Å². The van der Waals surface area contributed by atoms with Gasteiger partial charge in [-0.05, 0) is 58.2 Å². The van der Waals surface area contributed by atoms with E-state index in [1.807, 2.05) is 36.4 Å². The normalized spacial score (nSPS) is 11.8. The molecule has 134 valence electrons. The zero-order valence-corrected chi connectivity index (χ0v) is 16.2. The van der Waals surface area contributed by atoms with E-state index >= 15 is 0 Å². The maximum absolute atomic E-state index is 10.9. The van der Waals surface area contributed by atoms with Gasteiger partial charge in [-0.25, -0.2) is 0 Å². The number of hydrogen-bond acceptors (Lipinski definition) is 4. The van der Waals surface area contributed by atoms with Crippen LogP contribution in [0.1, 0.15) is 18.1 Å². The van der Waals surface area contributed by atoms with Crippen LogP contribution in [-0.2, 0) is 17.9 Å². The molecular formula is C18H19BrClNO4. The number of halogens is 2. The number of benzene rings is 2. The highest BCUT2D eigenvalue weighted by Gasteiger charge is 2.14. The number of hydrogen-bond donors (Lipinski definition) is 2. The lowest BCUT2D eigenvalue weighted by Gasteiger charge is -2.15. The van der Waals surface area contributed by atoms with Crippen LogP contribution in [-0.4, -0.2) is 24.2 Å². The predicted molar refractivity (Wildman–Crippen MR) is 100 cm³/mol. The Bertz CT molecular complexity index is 737. The van der Waals surface area contributed by atoms with Crippen molar-refractivity contribution in [1.29, 1.82) is 0 Å². The third kappa shape index (κ3) is 5.63. The van der Waals surface area contributed by atoms with Crippen molar-refractivity contribution < 1.29 is 19.4 Å². The summed E-state index contributed by atoms with van der Waals surface area (Å²) in [6.45, 7) is 2.37. The number of carboxylic acid groups (broad SMARTS) is 1. The Morgan fingerprint density at radius 2 is 1.96 bits per heavy atom. The Hall–Kier alpha value is -1.76. The summed E-state index contributed by atoms with van der Waals surface area (Å²) < 4.78 is 12.0. The van der Waals surface area contributed by atoms with E-state index in [9.17, 15) is 4.79 Å². The predicted octanol–water partition coefficient (Wildman–Crippen LogP) is 4.25. The molecule has 2 aromatic rings. The Labute approximate surface area is 160 Å². The van der Waals surface area contributed by atoms with E-state index in [1.165, 1.54) is 0 Å². The van der Waals surface area contributed by atoms with Gasteiger partial charge in [-0.15, -0.1) is 0 Å². The first-order valence-corrected chi connectivity index (χ1v) is 8.77. The van der Waals surface area contributed by atoms with Crippen LogP contribution in [0.5, 0.6) is 11.5 Å². The van der Waals surface area contributed by atoms with Crippen LogP contribution in [0.4, 0.5) is 0 Å². The summed E-state index contributed by atoms with van der Waals surface area (Å²) in [5.41, 5.74) is 1.87. The average Bonchev–Trinajstić information content (AvgIpc) is 2.59. The third-order valence-electron chi connectivity index (χ3n) is 3.57. The molecule has 0 radical (unpaired) electrons. The van der Waals surface area contributed by atoms with Gasteiger partial charge in [-0.2, -0.15) is 0 Å². The number of carboxylic acids is 1. The van der Waals surface area contributed by atoms with E-state index in [-0.39, 0.29) is 0 Å². The third-order valence-corrected chi connectivity index (χ3v) is 4.41. The number of methoxy groups -OCH3 is 1. The van der Waals surface area contributed by atoms with Crippen molar-refractivity contribution in [3.8, 4) is 11.5 Å². The number of ether oxygens (including phenoxy) is 2. The van der Waals surface area contributed by atoms with Gasteiger partial charge >= 0.3 is 5.97 Å². The molecule has 0 aromatic heterocycles. The first kappa shape index (κ1) is 19.6. The van der Waals surface area contributed by atoms with Gasteiger partial charge in [-0.3, -0.25) is 4.79 Å². The van der Waals surface area contributed by atoms with Gasteiger partial charge in [0, 0.05) is 11.6 Å². The summed E-state index contributed by atoms with van der Waals surface area (Å²) in [6.07, 6.45) is 0. The number of aliphatic carboxylic acids is 1. The minimum atomic E-state index is -0.894. The summed E-state index contributed by atoms with van der Waals surface area (Å²) >= 11 is 9.37. The Balaban J connectivity index is 2.10. The van der Waals surface area contributed by atoms with Crippen LogP contribution in [0.25, 0.3) is 0 Å². The highest BCUT2D eigenvalue weighted by molar-refractivity contribution is 9.10. The molecule has 2 aromatic carbocycles. The van der Waals surface area contributed by atoms with Crippen molar-refractivity contribution in [3.63, 3.8) is 0 Å². The number of carbonyl (C=O) groups is 1. The first-order chi connectivity index (χ1) is 11.9. The second kappa shape index (κ2) is 9.08. The molecule has 0 aliphatic rings. The average molecular weight is 429 g/mol. The molecule has 0 saturated carbocycles. The van der Waals surface area contributed by atoms with Crippen molar-refractivity contribution in [3.05, 3.63) is 57.0 Å². The topological polar surface area (TPSA) is 67.8 Å². The zero-order chi connectivity index (χ0) is 18.4. The number of rotatable bonds is 8. The Kier molecular flexibility index (Phi) is 7.11. The summed E-state index contributed by atoms with van der Waals surface area (Å²) in [6, 6.07) is 10.5. The summed E-state index contributed by atoms with van der Waals surface area (Å²) in [5, 5.41) is 12.5. The SMILES string of the molecule is COc1cc(CNC(C)C(=O)O)cc(Br)c1OCc1ccc(Cl)cc1. The quantitative estimate of drug-likeness (QED) is 0.658. The van der Waals surface area contributed by atoms with Crippen molar-refractivity contribution in [2.45, 2.75) is 26.1 Å². The second-order valence-corrected chi connectivity index (χ2v) is 6.76. The van der Waals surface area contributed by atoms with Crippen LogP contribution in [0, 0.1) is 0 Å². The number of nitrogens with one attached hydrogen (secondary N) is 1. The maximum Gasteiger partial charge on any atom is 0.320 e.